The van der Waals surface area contributed by atoms with Gasteiger partial charge in [-0.15, -0.1) is 0 Å². The summed E-state index contributed by atoms with van der Waals surface area (Å²) in [5.41, 5.74) is 1.36. The van der Waals surface area contributed by atoms with E-state index in [1.807, 2.05) is 0 Å². The second-order valence-corrected chi connectivity index (χ2v) is 8.68. The third kappa shape index (κ3) is 2.64. The number of hydrogen-bond donors (Lipinski definition) is 0. The second-order valence-electron chi connectivity index (χ2n) is 7.87. The van der Waals surface area contributed by atoms with Crippen LogP contribution in [-0.2, 0) is 0 Å². The fraction of sp³-hybridized carbons (Fsp3) is 0. The summed E-state index contributed by atoms with van der Waals surface area (Å²) in [4.78, 5) is 55.8. The number of halogens is 2. The molecule has 4 aromatic carbocycles. The molecule has 0 bridgehead atoms. The van der Waals surface area contributed by atoms with Gasteiger partial charge in [0.05, 0.1) is 21.4 Å². The molecule has 0 aromatic heterocycles. The van der Waals surface area contributed by atoms with E-state index in [0.717, 1.165) is 9.80 Å². The highest BCUT2D eigenvalue weighted by Crippen LogP contribution is 2.41. The quantitative estimate of drug-likeness (QED) is 0.338. The van der Waals surface area contributed by atoms with Crippen molar-refractivity contribution in [3.05, 3.63) is 105 Å². The van der Waals surface area contributed by atoms with Gasteiger partial charge in [-0.2, -0.15) is 0 Å². The smallest absolute Gasteiger partial charge is 0.266 e. The van der Waals surface area contributed by atoms with Gasteiger partial charge in [0, 0.05) is 33.0 Å². The van der Waals surface area contributed by atoms with Crippen LogP contribution in [0.3, 0.4) is 0 Å². The van der Waals surface area contributed by atoms with Crippen molar-refractivity contribution in [2.75, 3.05) is 9.80 Å². The van der Waals surface area contributed by atoms with Gasteiger partial charge in [0.15, 0.2) is 0 Å². The van der Waals surface area contributed by atoms with E-state index in [9.17, 15) is 19.2 Å². The molecule has 2 heterocycles. The van der Waals surface area contributed by atoms with Crippen molar-refractivity contribution >= 4 is 69.0 Å². The van der Waals surface area contributed by atoms with Crippen molar-refractivity contribution in [2.24, 2.45) is 0 Å². The number of imide groups is 2. The van der Waals surface area contributed by atoms with Crippen molar-refractivity contribution in [2.45, 2.75) is 0 Å². The van der Waals surface area contributed by atoms with Crippen LogP contribution in [0.15, 0.2) is 72.8 Å². The Morgan fingerprint density at radius 2 is 0.735 bits per heavy atom. The second kappa shape index (κ2) is 7.25. The SMILES string of the molecule is O=C1c2ccc3c4c(ccc(c24)C(=O)N1c1ccccc1Cl)C(=O)N(c1ccccc1Cl)C3=O. The first-order chi connectivity index (χ1) is 16.4. The van der Waals surface area contributed by atoms with E-state index < -0.39 is 23.6 Å². The highest BCUT2D eigenvalue weighted by molar-refractivity contribution is 6.44. The molecule has 0 unspecified atom stereocenters. The molecule has 0 fully saturated rings. The fourth-order valence-corrected chi connectivity index (χ4v) is 5.02. The summed E-state index contributed by atoms with van der Waals surface area (Å²) in [6, 6.07) is 19.1. The number of hydrogen-bond acceptors (Lipinski definition) is 4. The van der Waals surface area contributed by atoms with E-state index in [1.165, 1.54) is 24.3 Å². The zero-order valence-corrected chi connectivity index (χ0v) is 18.7. The molecule has 6 rings (SSSR count). The molecule has 0 radical (unpaired) electrons. The van der Waals surface area contributed by atoms with Crippen molar-refractivity contribution in [3.63, 3.8) is 0 Å². The van der Waals surface area contributed by atoms with Crippen LogP contribution >= 0.6 is 23.2 Å². The van der Waals surface area contributed by atoms with Crippen LogP contribution < -0.4 is 9.80 Å². The van der Waals surface area contributed by atoms with E-state index in [4.69, 9.17) is 23.2 Å². The van der Waals surface area contributed by atoms with Gasteiger partial charge in [-0.25, -0.2) is 9.80 Å². The number of rotatable bonds is 2. The molecule has 0 spiro atoms. The average Bonchev–Trinajstić information content (AvgIpc) is 2.83. The van der Waals surface area contributed by atoms with Crippen LogP contribution in [-0.4, -0.2) is 23.6 Å². The Morgan fingerprint density at radius 3 is 1.03 bits per heavy atom. The standard InChI is InChI=1S/C26H12Cl2N2O4/c27-17-5-1-3-7-19(17)29-23(31)13-9-11-15-22-16(12-10-14(21(13)22)24(29)32)26(34)30(25(15)33)20-8-4-2-6-18(20)28/h1-12H. The van der Waals surface area contributed by atoms with Crippen LogP contribution in [0.1, 0.15) is 41.4 Å². The average molecular weight is 487 g/mol. The number of para-hydroxylation sites is 2. The van der Waals surface area contributed by atoms with E-state index in [0.29, 0.717) is 0 Å². The first-order valence-electron chi connectivity index (χ1n) is 10.3. The molecule has 2 aliphatic heterocycles. The third-order valence-corrected chi connectivity index (χ3v) is 6.72. The number of carbonyl (C=O) groups is 4. The van der Waals surface area contributed by atoms with Crippen LogP contribution in [0, 0.1) is 0 Å². The molecule has 0 saturated carbocycles. The van der Waals surface area contributed by atoms with Gasteiger partial charge in [0.2, 0.25) is 0 Å². The van der Waals surface area contributed by atoms with Crippen molar-refractivity contribution < 1.29 is 19.2 Å². The molecular weight excluding hydrogens is 475 g/mol. The lowest BCUT2D eigenvalue weighted by atomic mass is 9.85. The zero-order valence-electron chi connectivity index (χ0n) is 17.2. The van der Waals surface area contributed by atoms with Gasteiger partial charge in [0.1, 0.15) is 0 Å². The number of amides is 4. The Labute approximate surface area is 202 Å². The Morgan fingerprint density at radius 1 is 0.441 bits per heavy atom. The minimum atomic E-state index is -0.581. The summed E-state index contributed by atoms with van der Waals surface area (Å²) >= 11 is 12.5. The van der Waals surface area contributed by atoms with Crippen molar-refractivity contribution in [1.82, 2.24) is 0 Å². The largest absolute Gasteiger partial charge is 0.268 e. The highest BCUT2D eigenvalue weighted by atomic mass is 35.5. The molecule has 0 atom stereocenters. The lowest BCUT2D eigenvalue weighted by Gasteiger charge is -2.32. The molecule has 164 valence electrons. The maximum absolute atomic E-state index is 13.4. The van der Waals surface area contributed by atoms with Gasteiger partial charge in [0.25, 0.3) is 23.6 Å². The Kier molecular flexibility index (Phi) is 4.39. The number of carbonyl (C=O) groups excluding carboxylic acids is 4. The molecule has 0 aliphatic carbocycles. The maximum atomic E-state index is 13.4. The summed E-state index contributed by atoms with van der Waals surface area (Å²) in [5.74, 6) is -2.32. The minimum absolute atomic E-state index is 0.210. The fourth-order valence-electron chi connectivity index (χ4n) is 4.58. The van der Waals surface area contributed by atoms with E-state index in [-0.39, 0.29) is 54.4 Å². The Balaban J connectivity index is 1.59. The molecule has 0 N–H and O–H groups in total. The lowest BCUT2D eigenvalue weighted by Crippen LogP contribution is -2.43. The lowest BCUT2D eigenvalue weighted by molar-refractivity contribution is 0.0873. The maximum Gasteiger partial charge on any atom is 0.266 e. The molecule has 2 aliphatic rings. The zero-order chi connectivity index (χ0) is 23.7. The molecule has 0 saturated heterocycles. The van der Waals surface area contributed by atoms with Gasteiger partial charge in [-0.1, -0.05) is 47.5 Å². The van der Waals surface area contributed by atoms with Crippen molar-refractivity contribution in [1.29, 1.82) is 0 Å². The van der Waals surface area contributed by atoms with E-state index >= 15 is 0 Å². The Hall–Kier alpha value is -4.00. The van der Waals surface area contributed by atoms with Crippen LogP contribution in [0.2, 0.25) is 10.0 Å². The van der Waals surface area contributed by atoms with Crippen LogP contribution in [0.4, 0.5) is 11.4 Å². The molecule has 4 aromatic rings. The summed E-state index contributed by atoms with van der Waals surface area (Å²) < 4.78 is 0. The van der Waals surface area contributed by atoms with Gasteiger partial charge in [-0.05, 0) is 48.5 Å². The summed E-state index contributed by atoms with van der Waals surface area (Å²) in [6.45, 7) is 0. The highest BCUT2D eigenvalue weighted by Gasteiger charge is 2.41. The van der Waals surface area contributed by atoms with E-state index in [1.54, 1.807) is 48.5 Å². The van der Waals surface area contributed by atoms with E-state index in [2.05, 4.69) is 0 Å². The molecule has 34 heavy (non-hydrogen) atoms. The molecule has 6 nitrogen and oxygen atoms in total. The number of benzene rings is 4. The van der Waals surface area contributed by atoms with Crippen molar-refractivity contribution in [3.8, 4) is 0 Å². The molecule has 8 heteroatoms. The predicted molar refractivity (Wildman–Crippen MR) is 129 cm³/mol. The summed E-state index contributed by atoms with van der Waals surface area (Å²) in [6.07, 6.45) is 0. The monoisotopic (exact) mass is 486 g/mol. The topological polar surface area (TPSA) is 74.8 Å². The normalized spacial score (nSPS) is 14.9. The summed E-state index contributed by atoms with van der Waals surface area (Å²) in [7, 11) is 0. The van der Waals surface area contributed by atoms with Gasteiger partial charge in [-0.3, -0.25) is 19.2 Å². The number of anilines is 2. The van der Waals surface area contributed by atoms with Crippen LogP contribution in [0.5, 0.6) is 0 Å². The van der Waals surface area contributed by atoms with Gasteiger partial charge < -0.3 is 0 Å². The Bertz CT molecular complexity index is 1440. The first kappa shape index (κ1) is 20.6. The third-order valence-electron chi connectivity index (χ3n) is 6.08. The molecule has 4 amide bonds. The predicted octanol–water partition coefficient (Wildman–Crippen LogP) is 5.75. The summed E-state index contributed by atoms with van der Waals surface area (Å²) in [5, 5.41) is 1.07. The number of nitrogens with zero attached hydrogens (tertiary/aromatic N) is 2. The van der Waals surface area contributed by atoms with Gasteiger partial charge >= 0.3 is 0 Å². The first-order valence-corrected chi connectivity index (χ1v) is 11.0. The minimum Gasteiger partial charge on any atom is -0.268 e. The van der Waals surface area contributed by atoms with Crippen LogP contribution in [0.25, 0.3) is 10.8 Å². The molecular formula is C26H12Cl2N2O4.